The number of aromatic nitrogens is 1. The molecule has 1 N–H and O–H groups in total. The largest absolute Gasteiger partial charge is 0.465 e. The summed E-state index contributed by atoms with van der Waals surface area (Å²) in [5.41, 5.74) is 0.655. The Bertz CT molecular complexity index is 737. The maximum absolute atomic E-state index is 13.0. The van der Waals surface area contributed by atoms with Gasteiger partial charge in [0, 0.05) is 44.8 Å². The molecule has 1 aromatic heterocycles. The zero-order valence-corrected chi connectivity index (χ0v) is 17.8. The van der Waals surface area contributed by atoms with Gasteiger partial charge in [0.15, 0.2) is 0 Å². The van der Waals surface area contributed by atoms with Crippen LogP contribution in [0.15, 0.2) is 18.3 Å². The lowest BCUT2D eigenvalue weighted by Crippen LogP contribution is -2.44. The molecule has 0 saturated carbocycles. The van der Waals surface area contributed by atoms with Gasteiger partial charge in [0.25, 0.3) is 5.91 Å². The molecule has 3 heterocycles. The van der Waals surface area contributed by atoms with Gasteiger partial charge in [-0.25, -0.2) is 4.79 Å². The number of carbonyl (C=O) groups excluding carboxylic acids is 3. The zero-order chi connectivity index (χ0) is 21.3. The van der Waals surface area contributed by atoms with Crippen LogP contribution in [0.3, 0.4) is 0 Å². The van der Waals surface area contributed by atoms with Crippen molar-refractivity contribution in [1.82, 2.24) is 20.1 Å². The molecule has 8 heteroatoms. The van der Waals surface area contributed by atoms with Crippen LogP contribution < -0.4 is 5.32 Å². The van der Waals surface area contributed by atoms with Crippen LogP contribution in [0.2, 0.25) is 0 Å². The molecule has 0 aromatic carbocycles. The van der Waals surface area contributed by atoms with Gasteiger partial charge < -0.3 is 15.0 Å². The first-order valence-electron chi connectivity index (χ1n) is 10.9. The van der Waals surface area contributed by atoms with Crippen molar-refractivity contribution >= 4 is 17.8 Å². The third kappa shape index (κ3) is 6.01. The highest BCUT2D eigenvalue weighted by molar-refractivity contribution is 5.94. The highest BCUT2D eigenvalue weighted by Gasteiger charge is 2.25. The fourth-order valence-corrected chi connectivity index (χ4v) is 4.23. The van der Waals surface area contributed by atoms with Gasteiger partial charge in [-0.3, -0.25) is 19.5 Å². The Kier molecular flexibility index (Phi) is 8.19. The van der Waals surface area contributed by atoms with Gasteiger partial charge in [0.1, 0.15) is 5.69 Å². The number of esters is 1. The van der Waals surface area contributed by atoms with Crippen molar-refractivity contribution in [3.8, 4) is 0 Å². The lowest BCUT2D eigenvalue weighted by Gasteiger charge is -2.35. The van der Waals surface area contributed by atoms with E-state index in [0.29, 0.717) is 43.4 Å². The Morgan fingerprint density at radius 3 is 2.60 bits per heavy atom. The number of rotatable bonds is 2. The minimum absolute atomic E-state index is 0.125. The Hall–Kier alpha value is -2.48. The molecule has 1 unspecified atom stereocenters. The monoisotopic (exact) mass is 416 g/mol. The summed E-state index contributed by atoms with van der Waals surface area (Å²) < 4.78 is 4.68. The number of methoxy groups -OCH3 is 1. The van der Waals surface area contributed by atoms with E-state index in [9.17, 15) is 14.4 Å². The molecule has 0 spiro atoms. The van der Waals surface area contributed by atoms with Crippen molar-refractivity contribution in [1.29, 1.82) is 0 Å². The number of fused-ring (bicyclic) bond motifs is 1. The van der Waals surface area contributed by atoms with Gasteiger partial charge in [-0.05, 0) is 50.8 Å². The van der Waals surface area contributed by atoms with Crippen LogP contribution in [0.5, 0.6) is 0 Å². The van der Waals surface area contributed by atoms with Gasteiger partial charge in [-0.2, -0.15) is 0 Å². The number of ether oxygens (including phenoxy) is 1. The number of hydrogen-bond acceptors (Lipinski definition) is 6. The second-order valence-electron chi connectivity index (χ2n) is 8.02. The Labute approximate surface area is 178 Å². The Morgan fingerprint density at radius 2 is 1.83 bits per heavy atom. The van der Waals surface area contributed by atoms with E-state index in [0.717, 1.165) is 45.2 Å². The first-order valence-corrected chi connectivity index (χ1v) is 10.9. The van der Waals surface area contributed by atoms with Gasteiger partial charge in [-0.1, -0.05) is 6.42 Å². The van der Waals surface area contributed by atoms with Crippen molar-refractivity contribution in [2.24, 2.45) is 0 Å². The summed E-state index contributed by atoms with van der Waals surface area (Å²) in [5, 5.41) is 3.03. The highest BCUT2D eigenvalue weighted by atomic mass is 16.5. The highest BCUT2D eigenvalue weighted by Crippen LogP contribution is 2.20. The van der Waals surface area contributed by atoms with Crippen LogP contribution in [0.1, 0.15) is 65.8 Å². The SMILES string of the molecule is COC(=O)c1ccc(C(=O)N2CCCCNC(=O)CC3CCCCN3CCC2)nc1. The van der Waals surface area contributed by atoms with E-state index in [1.54, 1.807) is 12.1 Å². The second-order valence-corrected chi connectivity index (χ2v) is 8.02. The number of piperidine rings is 1. The van der Waals surface area contributed by atoms with Crippen molar-refractivity contribution < 1.29 is 19.1 Å². The van der Waals surface area contributed by atoms with E-state index < -0.39 is 5.97 Å². The smallest absolute Gasteiger partial charge is 0.339 e. The first-order chi connectivity index (χ1) is 14.6. The predicted molar refractivity (Wildman–Crippen MR) is 112 cm³/mol. The van der Waals surface area contributed by atoms with Crippen LogP contribution in [0, 0.1) is 0 Å². The van der Waals surface area contributed by atoms with Crippen LogP contribution in [0.25, 0.3) is 0 Å². The van der Waals surface area contributed by atoms with Crippen molar-refractivity contribution in [2.45, 2.75) is 51.0 Å². The summed E-state index contributed by atoms with van der Waals surface area (Å²) >= 11 is 0. The van der Waals surface area contributed by atoms with Crippen molar-refractivity contribution in [3.63, 3.8) is 0 Å². The molecule has 1 atom stereocenters. The number of hydrogen-bond donors (Lipinski definition) is 1. The molecular formula is C22H32N4O4. The van der Waals surface area contributed by atoms with E-state index in [1.165, 1.54) is 19.7 Å². The number of carbonyl (C=O) groups is 3. The quantitative estimate of drug-likeness (QED) is 0.740. The summed E-state index contributed by atoms with van der Waals surface area (Å²) in [5.74, 6) is -0.462. The maximum Gasteiger partial charge on any atom is 0.339 e. The van der Waals surface area contributed by atoms with E-state index in [1.807, 2.05) is 4.90 Å². The summed E-state index contributed by atoms with van der Waals surface area (Å²) in [6.07, 6.45) is 7.87. The summed E-state index contributed by atoms with van der Waals surface area (Å²) in [4.78, 5) is 45.3. The van der Waals surface area contributed by atoms with Gasteiger partial charge in [-0.15, -0.1) is 0 Å². The van der Waals surface area contributed by atoms with Crippen molar-refractivity contribution in [2.75, 3.05) is 39.8 Å². The Balaban J connectivity index is 1.66. The lowest BCUT2D eigenvalue weighted by atomic mass is 9.98. The number of nitrogens with one attached hydrogen (secondary N) is 1. The molecule has 1 aromatic rings. The molecule has 30 heavy (non-hydrogen) atoms. The van der Waals surface area contributed by atoms with Gasteiger partial charge in [0.05, 0.1) is 12.7 Å². The molecule has 2 fully saturated rings. The summed E-state index contributed by atoms with van der Waals surface area (Å²) in [7, 11) is 1.32. The average Bonchev–Trinajstić information content (AvgIpc) is 2.79. The molecule has 3 rings (SSSR count). The Morgan fingerprint density at radius 1 is 1.07 bits per heavy atom. The normalized spacial score (nSPS) is 22.0. The standard InChI is InChI=1S/C22H32N4O4/c1-30-22(29)17-8-9-19(24-16-17)21(28)26-12-5-3-10-23-20(27)15-18-7-2-4-11-25(18)13-6-14-26/h8-9,16,18H,2-7,10-15H2,1H3,(H,23,27). The molecule has 0 bridgehead atoms. The fraction of sp³-hybridized carbons (Fsp3) is 0.636. The minimum Gasteiger partial charge on any atom is -0.465 e. The number of amides is 2. The van der Waals surface area contributed by atoms with Crippen LogP contribution >= 0.6 is 0 Å². The summed E-state index contributed by atoms with van der Waals surface area (Å²) in [6, 6.07) is 3.45. The van der Waals surface area contributed by atoms with Crippen LogP contribution in [0.4, 0.5) is 0 Å². The minimum atomic E-state index is -0.470. The fourth-order valence-electron chi connectivity index (χ4n) is 4.23. The van der Waals surface area contributed by atoms with E-state index >= 15 is 0 Å². The molecule has 164 valence electrons. The average molecular weight is 417 g/mol. The third-order valence-electron chi connectivity index (χ3n) is 5.91. The topological polar surface area (TPSA) is 91.8 Å². The molecule has 2 amide bonds. The van der Waals surface area contributed by atoms with E-state index in [-0.39, 0.29) is 11.8 Å². The number of pyridine rings is 1. The predicted octanol–water partition coefficient (Wildman–Crippen LogP) is 1.86. The molecular weight excluding hydrogens is 384 g/mol. The maximum atomic E-state index is 13.0. The van der Waals surface area contributed by atoms with Crippen molar-refractivity contribution in [3.05, 3.63) is 29.6 Å². The molecule has 2 aliphatic rings. The summed E-state index contributed by atoms with van der Waals surface area (Å²) in [6.45, 7) is 3.82. The van der Waals surface area contributed by atoms with Crippen LogP contribution in [-0.4, -0.2) is 78.4 Å². The van der Waals surface area contributed by atoms with Crippen LogP contribution in [-0.2, 0) is 9.53 Å². The van der Waals surface area contributed by atoms with E-state index in [4.69, 9.17) is 0 Å². The molecule has 2 aliphatic heterocycles. The molecule has 8 nitrogen and oxygen atoms in total. The first kappa shape index (κ1) is 22.2. The molecule has 0 aliphatic carbocycles. The third-order valence-corrected chi connectivity index (χ3v) is 5.91. The number of nitrogens with zero attached hydrogens (tertiary/aromatic N) is 3. The van der Waals surface area contributed by atoms with Gasteiger partial charge in [0.2, 0.25) is 5.91 Å². The van der Waals surface area contributed by atoms with E-state index in [2.05, 4.69) is 19.9 Å². The molecule has 0 radical (unpaired) electrons. The molecule has 2 saturated heterocycles. The lowest BCUT2D eigenvalue weighted by molar-refractivity contribution is -0.122. The zero-order valence-electron chi connectivity index (χ0n) is 17.8. The second kappa shape index (κ2) is 11.1. The van der Waals surface area contributed by atoms with Gasteiger partial charge >= 0.3 is 5.97 Å².